The zero-order valence-corrected chi connectivity index (χ0v) is 21.1. The van der Waals surface area contributed by atoms with E-state index in [0.717, 1.165) is 5.75 Å². The van der Waals surface area contributed by atoms with Gasteiger partial charge in [0.15, 0.2) is 11.6 Å². The standard InChI is InChI=1S/C21H20BrCl2N5O2S/c1-11-8-12(23)9-13(19(30)15(25)5-7-32-2)18(11)27-21(31)16-10-17(22)28-29(16)20-14(24)4-3-6-26-20/h3-4,6,8-10,15H,5,7,25H2,1-2H3,(H,27,31)/t15-/m0/s1. The monoisotopic (exact) mass is 555 g/mol. The number of nitrogens with two attached hydrogens (primary N) is 1. The molecule has 1 atom stereocenters. The second kappa shape index (κ2) is 10.8. The third-order valence-corrected chi connectivity index (χ3v) is 6.17. The average Bonchev–Trinajstić information content (AvgIpc) is 3.14. The highest BCUT2D eigenvalue weighted by molar-refractivity contribution is 9.10. The van der Waals surface area contributed by atoms with E-state index in [1.807, 2.05) is 6.26 Å². The highest BCUT2D eigenvalue weighted by Crippen LogP contribution is 2.29. The fourth-order valence-electron chi connectivity index (χ4n) is 3.07. The lowest BCUT2D eigenvalue weighted by Gasteiger charge is -2.17. The smallest absolute Gasteiger partial charge is 0.274 e. The van der Waals surface area contributed by atoms with Gasteiger partial charge in [-0.15, -0.1) is 0 Å². The Kier molecular flexibility index (Phi) is 8.35. The Hall–Kier alpha value is -1.91. The minimum absolute atomic E-state index is 0.178. The van der Waals surface area contributed by atoms with E-state index >= 15 is 0 Å². The Labute approximate surface area is 208 Å². The van der Waals surface area contributed by atoms with Crippen molar-refractivity contribution in [1.82, 2.24) is 14.8 Å². The molecule has 3 N–H and O–H groups in total. The molecule has 2 aromatic heterocycles. The number of nitrogens with zero attached hydrogens (tertiary/aromatic N) is 3. The van der Waals surface area contributed by atoms with E-state index in [0.29, 0.717) is 38.1 Å². The van der Waals surface area contributed by atoms with Gasteiger partial charge in [0.25, 0.3) is 5.91 Å². The number of ketones is 1. The van der Waals surface area contributed by atoms with E-state index in [9.17, 15) is 9.59 Å². The van der Waals surface area contributed by atoms with Gasteiger partial charge in [-0.3, -0.25) is 9.59 Å². The lowest BCUT2D eigenvalue weighted by Crippen LogP contribution is -2.32. The molecule has 0 aliphatic heterocycles. The number of aromatic nitrogens is 3. The summed E-state index contributed by atoms with van der Waals surface area (Å²) in [6, 6.07) is 7.36. The number of hydrogen-bond donors (Lipinski definition) is 2. The van der Waals surface area contributed by atoms with E-state index < -0.39 is 11.9 Å². The summed E-state index contributed by atoms with van der Waals surface area (Å²) in [4.78, 5) is 30.5. The van der Waals surface area contributed by atoms with Gasteiger partial charge in [-0.2, -0.15) is 16.9 Å². The topological polar surface area (TPSA) is 103 Å². The van der Waals surface area contributed by atoms with Crippen molar-refractivity contribution in [1.29, 1.82) is 0 Å². The molecule has 11 heteroatoms. The summed E-state index contributed by atoms with van der Waals surface area (Å²) in [5.74, 6) is 0.254. The van der Waals surface area contributed by atoms with Gasteiger partial charge in [0, 0.05) is 22.8 Å². The van der Waals surface area contributed by atoms with Gasteiger partial charge in [0.05, 0.1) is 16.8 Å². The van der Waals surface area contributed by atoms with E-state index in [1.54, 1.807) is 43.1 Å². The number of anilines is 1. The van der Waals surface area contributed by atoms with Gasteiger partial charge in [-0.05, 0) is 71.1 Å². The number of amides is 1. The molecule has 2 heterocycles. The van der Waals surface area contributed by atoms with Gasteiger partial charge in [-0.25, -0.2) is 9.67 Å². The van der Waals surface area contributed by atoms with Crippen LogP contribution >= 0.6 is 50.9 Å². The zero-order chi connectivity index (χ0) is 23.4. The molecule has 0 unspecified atom stereocenters. The average molecular weight is 557 g/mol. The van der Waals surface area contributed by atoms with Crippen LogP contribution < -0.4 is 11.1 Å². The van der Waals surface area contributed by atoms with E-state index in [1.165, 1.54) is 16.8 Å². The molecule has 0 fully saturated rings. The van der Waals surface area contributed by atoms with E-state index in [4.69, 9.17) is 28.9 Å². The summed E-state index contributed by atoms with van der Waals surface area (Å²) in [6.45, 7) is 1.76. The van der Waals surface area contributed by atoms with Crippen LogP contribution in [0.15, 0.2) is 41.1 Å². The van der Waals surface area contributed by atoms with E-state index in [2.05, 4.69) is 31.3 Å². The van der Waals surface area contributed by atoms with Crippen molar-refractivity contribution in [3.05, 3.63) is 68.0 Å². The Morgan fingerprint density at radius 2 is 2.06 bits per heavy atom. The summed E-state index contributed by atoms with van der Waals surface area (Å²) in [5.41, 5.74) is 7.52. The number of Topliss-reactive ketones (excluding diaryl/α,β-unsaturated/α-hetero) is 1. The number of thioether (sulfide) groups is 1. The van der Waals surface area contributed by atoms with Gasteiger partial charge < -0.3 is 11.1 Å². The van der Waals surface area contributed by atoms with Crippen LogP contribution in [0.1, 0.15) is 32.8 Å². The number of pyridine rings is 1. The van der Waals surface area contributed by atoms with E-state index in [-0.39, 0.29) is 17.0 Å². The highest BCUT2D eigenvalue weighted by Gasteiger charge is 2.24. The molecule has 1 amide bonds. The van der Waals surface area contributed by atoms with Crippen LogP contribution in [-0.2, 0) is 0 Å². The normalized spacial score (nSPS) is 11.9. The summed E-state index contributed by atoms with van der Waals surface area (Å²) in [5, 5.41) is 7.81. The number of nitrogens with one attached hydrogen (secondary N) is 1. The van der Waals surface area contributed by atoms with Gasteiger partial charge >= 0.3 is 0 Å². The van der Waals surface area contributed by atoms with Crippen molar-refractivity contribution in [3.8, 4) is 5.82 Å². The summed E-state index contributed by atoms with van der Waals surface area (Å²) in [6.07, 6.45) is 4.01. The van der Waals surface area contributed by atoms with Crippen LogP contribution in [0.5, 0.6) is 0 Å². The molecule has 0 bridgehead atoms. The van der Waals surface area contributed by atoms with Gasteiger partial charge in [0.2, 0.25) is 0 Å². The van der Waals surface area contributed by atoms with Crippen molar-refractivity contribution >= 4 is 68.3 Å². The van der Waals surface area contributed by atoms with Crippen molar-refractivity contribution in [3.63, 3.8) is 0 Å². The SMILES string of the molecule is CSCC[C@H](N)C(=O)c1cc(Cl)cc(C)c1NC(=O)c1cc(Br)nn1-c1ncccc1Cl. The molecule has 0 aliphatic rings. The van der Waals surface area contributed by atoms with Gasteiger partial charge in [0.1, 0.15) is 10.3 Å². The molecule has 0 aliphatic carbocycles. The number of benzene rings is 1. The van der Waals surface area contributed by atoms with Gasteiger partial charge in [-0.1, -0.05) is 23.2 Å². The lowest BCUT2D eigenvalue weighted by atomic mass is 9.98. The van der Waals surface area contributed by atoms with Crippen molar-refractivity contribution < 1.29 is 9.59 Å². The van der Waals surface area contributed by atoms with Crippen molar-refractivity contribution in [2.24, 2.45) is 5.73 Å². The summed E-state index contributed by atoms with van der Waals surface area (Å²) >= 11 is 17.3. The minimum atomic E-state index is -0.706. The second-order valence-electron chi connectivity index (χ2n) is 6.92. The van der Waals surface area contributed by atoms with Crippen molar-refractivity contribution in [2.75, 3.05) is 17.3 Å². The molecule has 168 valence electrons. The lowest BCUT2D eigenvalue weighted by molar-refractivity contribution is 0.0960. The Morgan fingerprint density at radius 1 is 1.31 bits per heavy atom. The molecule has 7 nitrogen and oxygen atoms in total. The van der Waals surface area contributed by atoms with Crippen LogP contribution in [0.3, 0.4) is 0 Å². The number of rotatable bonds is 8. The Bertz CT molecular complexity index is 1170. The molecule has 3 rings (SSSR count). The molecule has 3 aromatic rings. The van der Waals surface area contributed by atoms with Crippen LogP contribution in [-0.4, -0.2) is 44.5 Å². The summed E-state index contributed by atoms with van der Waals surface area (Å²) in [7, 11) is 0. The number of hydrogen-bond acceptors (Lipinski definition) is 6. The maximum Gasteiger partial charge on any atom is 0.274 e. The van der Waals surface area contributed by atoms with Crippen LogP contribution in [0.25, 0.3) is 5.82 Å². The maximum atomic E-state index is 13.2. The number of aryl methyl sites for hydroxylation is 1. The predicted octanol–water partition coefficient (Wildman–Crippen LogP) is 5.16. The summed E-state index contributed by atoms with van der Waals surface area (Å²) < 4.78 is 1.76. The molecule has 0 spiro atoms. The fourth-order valence-corrected chi connectivity index (χ4v) is 4.40. The first-order valence-corrected chi connectivity index (χ1v) is 12.4. The molecule has 0 saturated carbocycles. The Balaban J connectivity index is 1.99. The fraction of sp³-hybridized carbons (Fsp3) is 0.238. The predicted molar refractivity (Wildman–Crippen MR) is 134 cm³/mol. The second-order valence-corrected chi connectivity index (χ2v) is 9.57. The minimum Gasteiger partial charge on any atom is -0.321 e. The quantitative estimate of drug-likeness (QED) is 0.371. The number of carbonyl (C=O) groups excluding carboxylic acids is 2. The number of carbonyl (C=O) groups is 2. The first-order valence-electron chi connectivity index (χ1n) is 9.49. The van der Waals surface area contributed by atoms with Crippen molar-refractivity contribution in [2.45, 2.75) is 19.4 Å². The highest BCUT2D eigenvalue weighted by atomic mass is 79.9. The maximum absolute atomic E-state index is 13.2. The molecular weight excluding hydrogens is 537 g/mol. The molecule has 0 saturated heterocycles. The third-order valence-electron chi connectivity index (χ3n) is 4.63. The van der Waals surface area contributed by atoms with Crippen LogP contribution in [0, 0.1) is 6.92 Å². The largest absolute Gasteiger partial charge is 0.321 e. The third kappa shape index (κ3) is 5.52. The van der Waals surface area contributed by atoms with Crippen LogP contribution in [0.4, 0.5) is 5.69 Å². The Morgan fingerprint density at radius 3 is 2.75 bits per heavy atom. The zero-order valence-electron chi connectivity index (χ0n) is 17.2. The van der Waals surface area contributed by atoms with Crippen LogP contribution in [0.2, 0.25) is 10.0 Å². The first kappa shape index (κ1) is 24.7. The molecule has 0 radical (unpaired) electrons. The number of halogens is 3. The first-order chi connectivity index (χ1) is 15.2. The molecule has 32 heavy (non-hydrogen) atoms. The molecular formula is C21H20BrCl2N5O2S. The molecule has 1 aromatic carbocycles.